The maximum absolute atomic E-state index is 5.91. The Morgan fingerprint density at radius 1 is 1.17 bits per heavy atom. The number of hydrogen-bond acceptors (Lipinski definition) is 7. The number of fused-ring (bicyclic) bond motifs is 1. The van der Waals surface area contributed by atoms with Crippen LogP contribution in [-0.2, 0) is 19.4 Å². The molecule has 3 aromatic heterocycles. The Kier molecular flexibility index (Phi) is 5.15. The van der Waals surface area contributed by atoms with Gasteiger partial charge in [0.2, 0.25) is 11.0 Å². The summed E-state index contributed by atoms with van der Waals surface area (Å²) in [6, 6.07) is 13.7. The minimum absolute atomic E-state index is 0.368. The molecular weight excluding hydrogens is 400 g/mol. The summed E-state index contributed by atoms with van der Waals surface area (Å²) in [4.78, 5) is 0. The van der Waals surface area contributed by atoms with Gasteiger partial charge in [-0.25, -0.2) is 0 Å². The molecule has 0 amide bonds. The van der Waals surface area contributed by atoms with E-state index in [0.717, 1.165) is 17.9 Å². The molecular formula is C22H20N4O3S. The normalized spacial score (nSPS) is 13.2. The van der Waals surface area contributed by atoms with E-state index < -0.39 is 0 Å². The molecule has 4 aromatic rings. The third-order valence-electron chi connectivity index (χ3n) is 4.97. The average molecular weight is 420 g/mol. The first-order chi connectivity index (χ1) is 14.8. The van der Waals surface area contributed by atoms with Crippen LogP contribution in [0.1, 0.15) is 29.1 Å². The lowest BCUT2D eigenvalue weighted by atomic mass is 10.1. The summed E-state index contributed by atoms with van der Waals surface area (Å²) in [5, 5.41) is 13.5. The number of rotatable bonds is 7. The molecule has 0 spiro atoms. The summed E-state index contributed by atoms with van der Waals surface area (Å²) < 4.78 is 18.8. The second kappa shape index (κ2) is 8.23. The Balaban J connectivity index is 1.28. The summed E-state index contributed by atoms with van der Waals surface area (Å²) in [6.45, 7) is 0.368. The van der Waals surface area contributed by atoms with Crippen LogP contribution in [0.4, 0.5) is 0 Å². The molecule has 0 saturated heterocycles. The molecule has 7 nitrogen and oxygen atoms in total. The van der Waals surface area contributed by atoms with Gasteiger partial charge in [0, 0.05) is 0 Å². The molecule has 152 valence electrons. The Bertz CT molecular complexity index is 1180. The highest BCUT2D eigenvalue weighted by Crippen LogP contribution is 2.27. The molecule has 1 aromatic carbocycles. The first kappa shape index (κ1) is 18.7. The van der Waals surface area contributed by atoms with Crippen LogP contribution >= 0.6 is 11.8 Å². The van der Waals surface area contributed by atoms with Gasteiger partial charge in [0.25, 0.3) is 0 Å². The quantitative estimate of drug-likeness (QED) is 0.316. The molecule has 0 saturated carbocycles. The van der Waals surface area contributed by atoms with Gasteiger partial charge < -0.3 is 13.6 Å². The van der Waals surface area contributed by atoms with Crippen molar-refractivity contribution in [2.45, 2.75) is 31.0 Å². The summed E-state index contributed by atoms with van der Waals surface area (Å²) in [5.74, 6) is 3.36. The van der Waals surface area contributed by atoms with E-state index in [4.69, 9.17) is 13.6 Å². The van der Waals surface area contributed by atoms with Gasteiger partial charge in [-0.3, -0.25) is 0 Å². The zero-order chi connectivity index (χ0) is 20.3. The SMILES string of the molecule is CSc1nnc(-c2ccco2)n1/N=C\c1ccc(COc2ccc3c(c2)CCC3)o1. The van der Waals surface area contributed by atoms with Crippen molar-refractivity contribution in [1.82, 2.24) is 14.9 Å². The molecule has 3 heterocycles. The Hall–Kier alpha value is -3.26. The van der Waals surface area contributed by atoms with Gasteiger partial charge in [-0.2, -0.15) is 9.78 Å². The van der Waals surface area contributed by atoms with E-state index in [2.05, 4.69) is 27.4 Å². The van der Waals surface area contributed by atoms with Crippen molar-refractivity contribution in [3.8, 4) is 17.3 Å². The highest BCUT2D eigenvalue weighted by molar-refractivity contribution is 7.98. The molecule has 1 aliphatic rings. The number of ether oxygens (including phenoxy) is 1. The summed E-state index contributed by atoms with van der Waals surface area (Å²) >= 11 is 1.45. The maximum atomic E-state index is 5.91. The maximum Gasteiger partial charge on any atom is 0.221 e. The fourth-order valence-corrected chi connectivity index (χ4v) is 3.93. The van der Waals surface area contributed by atoms with E-state index in [1.54, 1.807) is 23.2 Å². The third kappa shape index (κ3) is 3.78. The standard InChI is InChI=1S/C22H20N4O3S/c1-30-22-25-24-21(20-6-3-11-27-20)26(22)23-13-18-9-10-19(29-18)14-28-17-8-7-15-4-2-5-16(15)12-17/h3,6-13H,2,4-5,14H2,1H3/b23-13-. The van der Waals surface area contributed by atoms with Gasteiger partial charge in [0.1, 0.15) is 23.9 Å². The van der Waals surface area contributed by atoms with Gasteiger partial charge in [-0.1, -0.05) is 17.8 Å². The lowest BCUT2D eigenvalue weighted by Crippen LogP contribution is -1.96. The first-order valence-electron chi connectivity index (χ1n) is 9.71. The second-order valence-corrected chi connectivity index (χ2v) is 7.69. The van der Waals surface area contributed by atoms with Crippen molar-refractivity contribution in [3.05, 3.63) is 71.4 Å². The fraction of sp³-hybridized carbons (Fsp3) is 0.227. The average Bonchev–Trinajstić information content (AvgIpc) is 3.56. The molecule has 1 aliphatic carbocycles. The molecule has 0 bridgehead atoms. The van der Waals surface area contributed by atoms with Gasteiger partial charge in [0.15, 0.2) is 5.76 Å². The van der Waals surface area contributed by atoms with Crippen molar-refractivity contribution in [1.29, 1.82) is 0 Å². The second-order valence-electron chi connectivity index (χ2n) is 6.92. The van der Waals surface area contributed by atoms with Gasteiger partial charge in [-0.15, -0.1) is 10.2 Å². The predicted molar refractivity (Wildman–Crippen MR) is 114 cm³/mol. The van der Waals surface area contributed by atoms with Crippen LogP contribution in [-0.4, -0.2) is 27.3 Å². The number of nitrogens with zero attached hydrogens (tertiary/aromatic N) is 4. The topological polar surface area (TPSA) is 78.6 Å². The molecule has 0 aliphatic heterocycles. The summed E-state index contributed by atoms with van der Waals surface area (Å²) in [7, 11) is 0. The predicted octanol–water partition coefficient (Wildman–Crippen LogP) is 4.80. The fourth-order valence-electron chi connectivity index (χ4n) is 3.50. The number of aromatic nitrogens is 3. The van der Waals surface area contributed by atoms with E-state index >= 15 is 0 Å². The third-order valence-corrected chi connectivity index (χ3v) is 5.59. The van der Waals surface area contributed by atoms with Crippen molar-refractivity contribution in [2.75, 3.05) is 6.26 Å². The number of hydrogen-bond donors (Lipinski definition) is 0. The van der Waals surface area contributed by atoms with E-state index in [1.807, 2.05) is 30.5 Å². The summed E-state index contributed by atoms with van der Waals surface area (Å²) in [6.07, 6.45) is 8.68. The van der Waals surface area contributed by atoms with Crippen molar-refractivity contribution < 1.29 is 13.6 Å². The Morgan fingerprint density at radius 2 is 2.10 bits per heavy atom. The molecule has 30 heavy (non-hydrogen) atoms. The highest BCUT2D eigenvalue weighted by atomic mass is 32.2. The summed E-state index contributed by atoms with van der Waals surface area (Å²) in [5.41, 5.74) is 2.83. The van der Waals surface area contributed by atoms with E-state index in [0.29, 0.717) is 29.1 Å². The lowest BCUT2D eigenvalue weighted by molar-refractivity contribution is 0.269. The van der Waals surface area contributed by atoms with Crippen molar-refractivity contribution >= 4 is 18.0 Å². The van der Waals surface area contributed by atoms with Gasteiger partial charge in [-0.05, 0) is 73.0 Å². The zero-order valence-corrected chi connectivity index (χ0v) is 17.3. The molecule has 0 atom stereocenters. The number of furan rings is 2. The molecule has 8 heteroatoms. The van der Waals surface area contributed by atoms with Crippen LogP contribution in [0.5, 0.6) is 5.75 Å². The van der Waals surface area contributed by atoms with Gasteiger partial charge in [0.05, 0.1) is 12.5 Å². The first-order valence-corrected chi connectivity index (χ1v) is 10.9. The number of thioether (sulfide) groups is 1. The van der Waals surface area contributed by atoms with Crippen LogP contribution in [0.15, 0.2) is 67.8 Å². The van der Waals surface area contributed by atoms with Crippen LogP contribution in [0.3, 0.4) is 0 Å². The molecule has 0 radical (unpaired) electrons. The number of aryl methyl sites for hydroxylation is 2. The van der Waals surface area contributed by atoms with Crippen molar-refractivity contribution in [3.63, 3.8) is 0 Å². The lowest BCUT2D eigenvalue weighted by Gasteiger charge is -2.06. The largest absolute Gasteiger partial charge is 0.486 e. The zero-order valence-electron chi connectivity index (χ0n) is 16.4. The smallest absolute Gasteiger partial charge is 0.221 e. The van der Waals surface area contributed by atoms with E-state index in [-0.39, 0.29) is 0 Å². The molecule has 5 rings (SSSR count). The molecule has 0 fully saturated rings. The minimum Gasteiger partial charge on any atom is -0.486 e. The number of benzene rings is 1. The van der Waals surface area contributed by atoms with Gasteiger partial charge >= 0.3 is 0 Å². The van der Waals surface area contributed by atoms with Crippen LogP contribution in [0, 0.1) is 0 Å². The van der Waals surface area contributed by atoms with Crippen LogP contribution in [0.25, 0.3) is 11.6 Å². The molecule has 0 N–H and O–H groups in total. The Labute approximate surface area is 177 Å². The van der Waals surface area contributed by atoms with E-state index in [9.17, 15) is 0 Å². The van der Waals surface area contributed by atoms with Crippen LogP contribution in [0.2, 0.25) is 0 Å². The van der Waals surface area contributed by atoms with Crippen molar-refractivity contribution in [2.24, 2.45) is 5.10 Å². The monoisotopic (exact) mass is 420 g/mol. The minimum atomic E-state index is 0.368. The Morgan fingerprint density at radius 3 is 2.97 bits per heavy atom. The molecule has 0 unspecified atom stereocenters. The van der Waals surface area contributed by atoms with E-state index in [1.165, 1.54) is 35.7 Å². The van der Waals surface area contributed by atoms with Crippen LogP contribution < -0.4 is 4.74 Å². The highest BCUT2D eigenvalue weighted by Gasteiger charge is 2.15.